The van der Waals surface area contributed by atoms with Crippen molar-refractivity contribution in [1.29, 1.82) is 0 Å². The van der Waals surface area contributed by atoms with Crippen LogP contribution in [0.25, 0.3) is 0 Å². The van der Waals surface area contributed by atoms with E-state index in [1.54, 1.807) is 24.3 Å². The second kappa shape index (κ2) is 7.74. The molecule has 0 fully saturated rings. The zero-order chi connectivity index (χ0) is 18.6. The molecular formula is C18H13BrF3N3O. The summed E-state index contributed by atoms with van der Waals surface area (Å²) in [4.78, 5) is 7.57. The van der Waals surface area contributed by atoms with E-state index in [1.165, 1.54) is 0 Å². The van der Waals surface area contributed by atoms with Gasteiger partial charge < -0.3 is 10.1 Å². The molecule has 0 saturated carbocycles. The molecule has 1 aromatic heterocycles. The summed E-state index contributed by atoms with van der Waals surface area (Å²) in [5.74, 6) is -0.363. The number of halogens is 4. The molecular weight excluding hydrogens is 411 g/mol. The Balaban J connectivity index is 1.85. The lowest BCUT2D eigenvalue weighted by atomic mass is 10.2. The molecule has 3 aromatic rings. The van der Waals surface area contributed by atoms with Gasteiger partial charge in [0.1, 0.15) is 18.0 Å². The molecule has 3 rings (SSSR count). The van der Waals surface area contributed by atoms with Crippen LogP contribution in [0.3, 0.4) is 0 Å². The zero-order valence-corrected chi connectivity index (χ0v) is 14.9. The Hall–Kier alpha value is -2.61. The third-order valence-electron chi connectivity index (χ3n) is 3.39. The molecule has 26 heavy (non-hydrogen) atoms. The minimum absolute atomic E-state index is 0.138. The summed E-state index contributed by atoms with van der Waals surface area (Å²) in [6.07, 6.45) is -3.87. The quantitative estimate of drug-likeness (QED) is 0.581. The van der Waals surface area contributed by atoms with E-state index in [1.807, 2.05) is 30.3 Å². The number of aromatic nitrogens is 2. The minimum atomic E-state index is -4.59. The van der Waals surface area contributed by atoms with Crippen LogP contribution in [0, 0.1) is 0 Å². The Kier molecular flexibility index (Phi) is 5.41. The Labute approximate surface area is 156 Å². The topological polar surface area (TPSA) is 47.0 Å². The van der Waals surface area contributed by atoms with Crippen LogP contribution in [0.1, 0.15) is 11.1 Å². The van der Waals surface area contributed by atoms with Gasteiger partial charge in [-0.15, -0.1) is 0 Å². The molecule has 4 nitrogen and oxygen atoms in total. The molecule has 1 N–H and O–H groups in total. The molecule has 0 aliphatic carbocycles. The van der Waals surface area contributed by atoms with E-state index in [-0.39, 0.29) is 18.4 Å². The van der Waals surface area contributed by atoms with Crippen molar-refractivity contribution in [2.75, 3.05) is 5.32 Å². The first-order valence-corrected chi connectivity index (χ1v) is 8.35. The first-order chi connectivity index (χ1) is 12.4. The van der Waals surface area contributed by atoms with Gasteiger partial charge in [-0.2, -0.15) is 18.2 Å². The molecule has 2 aromatic carbocycles. The number of nitrogens with one attached hydrogen (secondary N) is 1. The lowest BCUT2D eigenvalue weighted by Crippen LogP contribution is -2.12. The van der Waals surface area contributed by atoms with Crippen molar-refractivity contribution in [2.24, 2.45) is 0 Å². The van der Waals surface area contributed by atoms with Crippen molar-refractivity contribution in [3.05, 3.63) is 76.4 Å². The standard InChI is InChI=1S/C18H13BrF3N3O/c19-13-6-8-14(9-7-13)24-16-15(18(20,21)22)10-23-17(25-16)26-11-12-4-2-1-3-5-12/h1-10H,11H2,(H,23,24,25). The van der Waals surface area contributed by atoms with E-state index < -0.39 is 11.7 Å². The van der Waals surface area contributed by atoms with Gasteiger partial charge in [0.25, 0.3) is 0 Å². The molecule has 0 spiro atoms. The molecule has 0 radical (unpaired) electrons. The molecule has 0 amide bonds. The van der Waals surface area contributed by atoms with Crippen molar-refractivity contribution >= 4 is 27.4 Å². The first kappa shape index (κ1) is 18.2. The second-order valence-electron chi connectivity index (χ2n) is 5.32. The maximum atomic E-state index is 13.2. The number of benzene rings is 2. The van der Waals surface area contributed by atoms with Gasteiger partial charge >= 0.3 is 12.2 Å². The monoisotopic (exact) mass is 423 g/mol. The SMILES string of the molecule is FC(F)(F)c1cnc(OCc2ccccc2)nc1Nc1ccc(Br)cc1. The third kappa shape index (κ3) is 4.72. The molecule has 0 bridgehead atoms. The number of rotatable bonds is 5. The zero-order valence-electron chi connectivity index (χ0n) is 13.3. The third-order valence-corrected chi connectivity index (χ3v) is 3.92. The van der Waals surface area contributed by atoms with Gasteiger partial charge in [0.05, 0.1) is 0 Å². The largest absolute Gasteiger partial charge is 0.459 e. The summed E-state index contributed by atoms with van der Waals surface area (Å²) in [6, 6.07) is 15.8. The van der Waals surface area contributed by atoms with Crippen molar-refractivity contribution in [2.45, 2.75) is 12.8 Å². The van der Waals surface area contributed by atoms with Gasteiger partial charge in [-0.25, -0.2) is 4.98 Å². The molecule has 0 aliphatic rings. The van der Waals surface area contributed by atoms with Crippen LogP contribution in [-0.4, -0.2) is 9.97 Å². The van der Waals surface area contributed by atoms with Crippen LogP contribution in [-0.2, 0) is 12.8 Å². The molecule has 8 heteroatoms. The Morgan fingerprint density at radius 3 is 2.35 bits per heavy atom. The highest BCUT2D eigenvalue weighted by atomic mass is 79.9. The van der Waals surface area contributed by atoms with E-state index in [0.29, 0.717) is 11.9 Å². The van der Waals surface area contributed by atoms with E-state index in [2.05, 4.69) is 31.2 Å². The van der Waals surface area contributed by atoms with Crippen molar-refractivity contribution in [1.82, 2.24) is 9.97 Å². The van der Waals surface area contributed by atoms with Crippen LogP contribution in [0.5, 0.6) is 6.01 Å². The Bertz CT molecular complexity index is 871. The highest BCUT2D eigenvalue weighted by molar-refractivity contribution is 9.10. The maximum absolute atomic E-state index is 13.2. The Morgan fingerprint density at radius 2 is 1.69 bits per heavy atom. The van der Waals surface area contributed by atoms with Crippen LogP contribution < -0.4 is 10.1 Å². The fourth-order valence-corrected chi connectivity index (χ4v) is 2.39. The molecule has 0 saturated heterocycles. The molecule has 0 unspecified atom stereocenters. The summed E-state index contributed by atoms with van der Waals surface area (Å²) >= 11 is 3.28. The van der Waals surface area contributed by atoms with Gasteiger partial charge in [-0.1, -0.05) is 46.3 Å². The van der Waals surface area contributed by atoms with Gasteiger partial charge in [0.15, 0.2) is 0 Å². The number of hydrogen-bond donors (Lipinski definition) is 1. The summed E-state index contributed by atoms with van der Waals surface area (Å²) in [5, 5.41) is 2.67. The van der Waals surface area contributed by atoms with Gasteiger partial charge in [-0.05, 0) is 29.8 Å². The fourth-order valence-electron chi connectivity index (χ4n) is 2.13. The minimum Gasteiger partial charge on any atom is -0.459 e. The van der Waals surface area contributed by atoms with Crippen LogP contribution >= 0.6 is 15.9 Å². The molecule has 0 atom stereocenters. The number of nitrogens with zero attached hydrogens (tertiary/aromatic N) is 2. The average molecular weight is 424 g/mol. The van der Waals surface area contributed by atoms with Gasteiger partial charge in [0.2, 0.25) is 0 Å². The molecule has 0 aliphatic heterocycles. The van der Waals surface area contributed by atoms with Crippen molar-refractivity contribution in [3.8, 4) is 6.01 Å². The molecule has 134 valence electrons. The first-order valence-electron chi connectivity index (χ1n) is 7.55. The fraction of sp³-hybridized carbons (Fsp3) is 0.111. The van der Waals surface area contributed by atoms with E-state index in [0.717, 1.165) is 10.0 Å². The lowest BCUT2D eigenvalue weighted by Gasteiger charge is -2.14. The highest BCUT2D eigenvalue weighted by Gasteiger charge is 2.35. The number of anilines is 2. The van der Waals surface area contributed by atoms with Crippen molar-refractivity contribution in [3.63, 3.8) is 0 Å². The maximum Gasteiger partial charge on any atom is 0.421 e. The Morgan fingerprint density at radius 1 is 1.00 bits per heavy atom. The average Bonchev–Trinajstić information content (AvgIpc) is 2.62. The predicted octanol–water partition coefficient (Wildman–Crippen LogP) is 5.58. The van der Waals surface area contributed by atoms with E-state index >= 15 is 0 Å². The van der Waals surface area contributed by atoms with E-state index in [4.69, 9.17) is 4.74 Å². The normalized spacial score (nSPS) is 11.2. The predicted molar refractivity (Wildman–Crippen MR) is 95.2 cm³/mol. The van der Waals surface area contributed by atoms with Crippen molar-refractivity contribution < 1.29 is 17.9 Å². The van der Waals surface area contributed by atoms with Crippen LogP contribution in [0.2, 0.25) is 0 Å². The summed E-state index contributed by atoms with van der Waals surface area (Å²) in [7, 11) is 0. The summed E-state index contributed by atoms with van der Waals surface area (Å²) < 4.78 is 45.9. The highest BCUT2D eigenvalue weighted by Crippen LogP contribution is 2.35. The van der Waals surface area contributed by atoms with E-state index in [9.17, 15) is 13.2 Å². The van der Waals surface area contributed by atoms with Gasteiger partial charge in [-0.3, -0.25) is 0 Å². The second-order valence-corrected chi connectivity index (χ2v) is 6.23. The molecule has 1 heterocycles. The number of ether oxygens (including phenoxy) is 1. The lowest BCUT2D eigenvalue weighted by molar-refractivity contribution is -0.137. The van der Waals surface area contributed by atoms with Crippen LogP contribution in [0.15, 0.2) is 65.3 Å². The number of hydrogen-bond acceptors (Lipinski definition) is 4. The summed E-state index contributed by atoms with van der Waals surface area (Å²) in [5.41, 5.74) is 0.359. The summed E-state index contributed by atoms with van der Waals surface area (Å²) in [6.45, 7) is 0.157. The smallest absolute Gasteiger partial charge is 0.421 e. The van der Waals surface area contributed by atoms with Crippen LogP contribution in [0.4, 0.5) is 24.7 Å². The van der Waals surface area contributed by atoms with Gasteiger partial charge in [0, 0.05) is 16.4 Å². The number of alkyl halides is 3.